The van der Waals surface area contributed by atoms with E-state index in [4.69, 9.17) is 0 Å². The molecule has 1 nitrogen and oxygen atoms in total. The van der Waals surface area contributed by atoms with Gasteiger partial charge in [-0.15, -0.1) is 11.8 Å². The Labute approximate surface area is 107 Å². The summed E-state index contributed by atoms with van der Waals surface area (Å²) in [5, 5.41) is 3.73. The van der Waals surface area contributed by atoms with Crippen molar-refractivity contribution < 1.29 is 4.39 Å². The van der Waals surface area contributed by atoms with E-state index in [0.29, 0.717) is 11.8 Å². The van der Waals surface area contributed by atoms with Crippen LogP contribution in [0.2, 0.25) is 0 Å². The topological polar surface area (TPSA) is 12.0 Å². The van der Waals surface area contributed by atoms with Crippen molar-refractivity contribution in [1.29, 1.82) is 0 Å². The maximum Gasteiger partial charge on any atom is 0.128 e. The van der Waals surface area contributed by atoms with Crippen molar-refractivity contribution in [3.8, 4) is 0 Å². The molecule has 1 aliphatic carbocycles. The van der Waals surface area contributed by atoms with Crippen molar-refractivity contribution in [2.45, 2.75) is 48.8 Å². The molecule has 0 heterocycles. The molecule has 0 radical (unpaired) electrons. The lowest BCUT2D eigenvalue weighted by atomic mass is 10.0. The third kappa shape index (κ3) is 3.46. The highest BCUT2D eigenvalue weighted by molar-refractivity contribution is 8.00. The molecule has 0 saturated heterocycles. The zero-order valence-electron chi connectivity index (χ0n) is 10.3. The molecule has 94 valence electrons. The highest BCUT2D eigenvalue weighted by Gasteiger charge is 2.17. The molecule has 1 aliphatic rings. The summed E-state index contributed by atoms with van der Waals surface area (Å²) in [7, 11) is 1.86. The predicted octanol–water partition coefficient (Wildman–Crippen LogP) is 3.97. The van der Waals surface area contributed by atoms with Gasteiger partial charge in [0.25, 0.3) is 0 Å². The van der Waals surface area contributed by atoms with E-state index in [0.717, 1.165) is 10.5 Å². The van der Waals surface area contributed by atoms with E-state index in [1.807, 2.05) is 24.9 Å². The van der Waals surface area contributed by atoms with Gasteiger partial charge in [-0.05, 0) is 32.0 Å². The van der Waals surface area contributed by atoms with Gasteiger partial charge in [-0.2, -0.15) is 0 Å². The first-order chi connectivity index (χ1) is 8.31. The predicted molar refractivity (Wildman–Crippen MR) is 71.9 cm³/mol. The zero-order chi connectivity index (χ0) is 12.1. The Kier molecular flexibility index (Phi) is 4.86. The summed E-state index contributed by atoms with van der Waals surface area (Å²) >= 11 is 1.87. The van der Waals surface area contributed by atoms with Crippen molar-refractivity contribution >= 4 is 11.8 Å². The number of benzene rings is 1. The third-order valence-electron chi connectivity index (χ3n) is 3.28. The van der Waals surface area contributed by atoms with Crippen molar-refractivity contribution in [1.82, 2.24) is 5.32 Å². The van der Waals surface area contributed by atoms with E-state index in [1.54, 1.807) is 6.07 Å². The van der Waals surface area contributed by atoms with Crippen LogP contribution in [0.4, 0.5) is 4.39 Å². The molecule has 1 saturated carbocycles. The van der Waals surface area contributed by atoms with Crippen LogP contribution in [0, 0.1) is 5.82 Å². The van der Waals surface area contributed by atoms with Gasteiger partial charge in [0.2, 0.25) is 0 Å². The van der Waals surface area contributed by atoms with Crippen molar-refractivity contribution in [2.75, 3.05) is 7.05 Å². The lowest BCUT2D eigenvalue weighted by Crippen LogP contribution is -2.11. The van der Waals surface area contributed by atoms with E-state index in [-0.39, 0.29) is 5.82 Å². The van der Waals surface area contributed by atoms with Crippen LogP contribution < -0.4 is 5.32 Å². The lowest BCUT2D eigenvalue weighted by Gasteiger charge is -2.22. The fourth-order valence-corrected chi connectivity index (χ4v) is 3.76. The Hall–Kier alpha value is -0.540. The van der Waals surface area contributed by atoms with Gasteiger partial charge in [0, 0.05) is 22.3 Å². The van der Waals surface area contributed by atoms with Crippen LogP contribution in [-0.4, -0.2) is 12.3 Å². The maximum atomic E-state index is 13.7. The molecule has 0 bridgehead atoms. The molecule has 2 rings (SSSR count). The number of rotatable bonds is 4. The summed E-state index contributed by atoms with van der Waals surface area (Å²) in [5.41, 5.74) is 0.825. The van der Waals surface area contributed by atoms with Gasteiger partial charge in [0.05, 0.1) is 0 Å². The molecule has 0 aliphatic heterocycles. The standard InChI is InChI=1S/C14H20FNS/c1-16-10-12-13(15)8-5-9-14(12)17-11-6-3-2-4-7-11/h5,8-9,11,16H,2-4,6-7,10H2,1H3. The van der Waals surface area contributed by atoms with E-state index in [1.165, 1.54) is 32.1 Å². The van der Waals surface area contributed by atoms with Gasteiger partial charge in [0.1, 0.15) is 5.82 Å². The first-order valence-corrected chi connectivity index (χ1v) is 7.28. The molecular weight excluding hydrogens is 233 g/mol. The van der Waals surface area contributed by atoms with Crippen LogP contribution in [-0.2, 0) is 6.54 Å². The smallest absolute Gasteiger partial charge is 0.128 e. The Bertz CT molecular complexity index is 361. The minimum Gasteiger partial charge on any atom is -0.316 e. The van der Waals surface area contributed by atoms with Crippen LogP contribution in [0.1, 0.15) is 37.7 Å². The summed E-state index contributed by atoms with van der Waals surface area (Å²) in [6.45, 7) is 0.613. The van der Waals surface area contributed by atoms with Crippen LogP contribution in [0.3, 0.4) is 0 Å². The number of hydrogen-bond acceptors (Lipinski definition) is 2. The van der Waals surface area contributed by atoms with Gasteiger partial charge in [-0.3, -0.25) is 0 Å². The second-order valence-corrected chi connectivity index (χ2v) is 5.97. The first kappa shape index (κ1) is 12.9. The monoisotopic (exact) mass is 253 g/mol. The van der Waals surface area contributed by atoms with E-state index in [9.17, 15) is 4.39 Å². The average Bonchev–Trinajstić information content (AvgIpc) is 2.35. The van der Waals surface area contributed by atoms with Crippen LogP contribution in [0.15, 0.2) is 23.1 Å². The highest BCUT2D eigenvalue weighted by Crippen LogP contribution is 2.35. The van der Waals surface area contributed by atoms with Crippen LogP contribution in [0.25, 0.3) is 0 Å². The summed E-state index contributed by atoms with van der Waals surface area (Å²) in [5.74, 6) is -0.0832. The molecule has 1 fully saturated rings. The van der Waals surface area contributed by atoms with E-state index < -0.39 is 0 Å². The summed E-state index contributed by atoms with van der Waals surface area (Å²) in [6, 6.07) is 5.42. The Morgan fingerprint density at radius 3 is 2.76 bits per heavy atom. The van der Waals surface area contributed by atoms with Crippen LogP contribution in [0.5, 0.6) is 0 Å². The second-order valence-electron chi connectivity index (χ2n) is 4.62. The summed E-state index contributed by atoms with van der Waals surface area (Å²) in [6.07, 6.45) is 6.58. The van der Waals surface area contributed by atoms with Crippen molar-refractivity contribution in [2.24, 2.45) is 0 Å². The molecule has 0 spiro atoms. The number of thioether (sulfide) groups is 1. The Balaban J connectivity index is 2.10. The van der Waals surface area contributed by atoms with E-state index >= 15 is 0 Å². The Morgan fingerprint density at radius 2 is 2.06 bits per heavy atom. The molecule has 1 aromatic carbocycles. The SMILES string of the molecule is CNCc1c(F)cccc1SC1CCCCC1. The third-order valence-corrected chi connectivity index (χ3v) is 4.72. The van der Waals surface area contributed by atoms with Crippen molar-refractivity contribution in [3.63, 3.8) is 0 Å². The Morgan fingerprint density at radius 1 is 1.29 bits per heavy atom. The molecular formula is C14H20FNS. The van der Waals surface area contributed by atoms with Gasteiger partial charge in [-0.25, -0.2) is 4.39 Å². The fraction of sp³-hybridized carbons (Fsp3) is 0.571. The maximum absolute atomic E-state index is 13.7. The summed E-state index contributed by atoms with van der Waals surface area (Å²) in [4.78, 5) is 1.12. The van der Waals surface area contributed by atoms with Gasteiger partial charge < -0.3 is 5.32 Å². The molecule has 3 heteroatoms. The van der Waals surface area contributed by atoms with Gasteiger partial charge >= 0.3 is 0 Å². The number of hydrogen-bond donors (Lipinski definition) is 1. The molecule has 0 atom stereocenters. The quantitative estimate of drug-likeness (QED) is 0.871. The summed E-state index contributed by atoms with van der Waals surface area (Å²) < 4.78 is 13.7. The minimum atomic E-state index is -0.0832. The van der Waals surface area contributed by atoms with Gasteiger partial charge in [0.15, 0.2) is 0 Å². The second kappa shape index (κ2) is 6.41. The zero-order valence-corrected chi connectivity index (χ0v) is 11.2. The molecule has 17 heavy (non-hydrogen) atoms. The first-order valence-electron chi connectivity index (χ1n) is 6.40. The number of nitrogens with one attached hydrogen (secondary N) is 1. The molecule has 0 unspecified atom stereocenters. The highest BCUT2D eigenvalue weighted by atomic mass is 32.2. The molecule has 1 aromatic rings. The van der Waals surface area contributed by atoms with Crippen molar-refractivity contribution in [3.05, 3.63) is 29.6 Å². The van der Waals surface area contributed by atoms with Gasteiger partial charge in [-0.1, -0.05) is 25.3 Å². The van der Waals surface area contributed by atoms with Crippen LogP contribution >= 0.6 is 11.8 Å². The average molecular weight is 253 g/mol. The minimum absolute atomic E-state index is 0.0832. The van der Waals surface area contributed by atoms with E-state index in [2.05, 4.69) is 11.4 Å². The molecule has 0 aromatic heterocycles. The lowest BCUT2D eigenvalue weighted by molar-refractivity contribution is 0.515. The normalized spacial score (nSPS) is 17.3. The number of halogens is 1. The molecule has 1 N–H and O–H groups in total. The fourth-order valence-electron chi connectivity index (χ4n) is 2.36. The largest absolute Gasteiger partial charge is 0.316 e. The molecule has 0 amide bonds.